The van der Waals surface area contributed by atoms with Gasteiger partial charge in [-0.2, -0.15) is 132 Å². The molecule has 0 aliphatic rings. The van der Waals surface area contributed by atoms with Gasteiger partial charge in [0, 0.05) is 0 Å². The summed E-state index contributed by atoms with van der Waals surface area (Å²) < 4.78 is 394. The lowest BCUT2D eigenvalue weighted by atomic mass is 10.5. The number of halogens is 30. The SMILES string of the molecule is O=C(OOC(=O)C(F)(F)OC(F)(F)C(F)(F)OC(F)(F)C(F)(F)OC(F)(F)C(F)(F)F)C(F)(F)OC(F)(F)C(F)(F)OC(F)(F)C(F)(F)OC(F)(F)C(F)(F)F. The molecule has 40 heteroatoms. The van der Waals surface area contributed by atoms with Gasteiger partial charge < -0.3 is 0 Å². The first-order chi connectivity index (χ1) is 23.8. The Morgan fingerprint density at radius 2 is 0.375 bits per heavy atom. The molecule has 56 heavy (non-hydrogen) atoms. The summed E-state index contributed by atoms with van der Waals surface area (Å²) in [6.45, 7) is 0. The average Bonchev–Trinajstić information content (AvgIpc) is 2.86. The zero-order valence-corrected chi connectivity index (χ0v) is 23.4. The highest BCUT2D eigenvalue weighted by atomic mass is 19.4. The lowest BCUT2D eigenvalue weighted by Gasteiger charge is -2.34. The Kier molecular flexibility index (Phi) is 13.9. The molecule has 0 aromatic heterocycles. The third-order valence-electron chi connectivity index (χ3n) is 4.22. The molecule has 334 valence electrons. The molecule has 0 amide bonds. The summed E-state index contributed by atoms with van der Waals surface area (Å²) >= 11 is 0. The van der Waals surface area contributed by atoms with Crippen LogP contribution in [0.3, 0.4) is 0 Å². The monoisotopic (exact) mass is 922 g/mol. The molecule has 0 saturated heterocycles. The van der Waals surface area contributed by atoms with Gasteiger partial charge in [-0.25, -0.2) is 47.8 Å². The van der Waals surface area contributed by atoms with E-state index in [0.717, 1.165) is 0 Å². The predicted molar refractivity (Wildman–Crippen MR) is 90.2 cm³/mol. The Hall–Kier alpha value is -3.40. The summed E-state index contributed by atoms with van der Waals surface area (Å²) in [6.07, 6.45) is -108. The Bertz CT molecular complexity index is 1300. The standard InChI is InChI=1S/C16F30O10/c17-3(18,51-9(31,32)11(35,36)55-15(43,44)13(39,40)53-7(27,28)5(21,22)23)1(47)49-50-2(48)4(19,20)52-10(33,34)12(37,38)56-16(45,46)14(41,42)54-8(29,30)6(24,25)26. The average molecular weight is 922 g/mol. The minimum absolute atomic E-state index is 1.19. The largest absolute Gasteiger partial charge is 0.483 e. The Morgan fingerprint density at radius 1 is 0.232 bits per heavy atom. The van der Waals surface area contributed by atoms with Gasteiger partial charge in [0.15, 0.2) is 0 Å². The normalized spacial score (nSPS) is 15.9. The van der Waals surface area contributed by atoms with Gasteiger partial charge in [0.05, 0.1) is 0 Å². The molecule has 0 aliphatic carbocycles. The van der Waals surface area contributed by atoms with Crippen LogP contribution in [0.5, 0.6) is 0 Å². The maximum Gasteiger partial charge on any atom is 0.483 e. The summed E-state index contributed by atoms with van der Waals surface area (Å²) in [5, 5.41) is 0. The third-order valence-corrected chi connectivity index (χ3v) is 4.22. The van der Waals surface area contributed by atoms with Crippen LogP contribution >= 0.6 is 0 Å². The van der Waals surface area contributed by atoms with Gasteiger partial charge in [-0.15, -0.1) is 0 Å². The lowest BCUT2D eigenvalue weighted by molar-refractivity contribution is -0.566. The molecule has 0 aliphatic heterocycles. The number of hydrogen-bond acceptors (Lipinski definition) is 10. The van der Waals surface area contributed by atoms with Crippen molar-refractivity contribution in [3.05, 3.63) is 0 Å². The van der Waals surface area contributed by atoms with Crippen LogP contribution < -0.4 is 0 Å². The van der Waals surface area contributed by atoms with E-state index in [0.29, 0.717) is 0 Å². The van der Waals surface area contributed by atoms with Gasteiger partial charge in [-0.3, -0.25) is 0 Å². The van der Waals surface area contributed by atoms with Gasteiger partial charge in [-0.05, 0) is 0 Å². The van der Waals surface area contributed by atoms with Crippen LogP contribution in [0.25, 0.3) is 0 Å². The van der Waals surface area contributed by atoms with E-state index in [9.17, 15) is 141 Å². The van der Waals surface area contributed by atoms with Crippen molar-refractivity contribution in [2.24, 2.45) is 0 Å². The Balaban J connectivity index is 5.95. The molecule has 0 N–H and O–H groups in total. The van der Waals surface area contributed by atoms with Crippen molar-refractivity contribution in [3.63, 3.8) is 0 Å². The molecule has 0 spiro atoms. The Labute approximate surface area is 278 Å². The van der Waals surface area contributed by atoms with Gasteiger partial charge in [-0.1, -0.05) is 0 Å². The quantitative estimate of drug-likeness (QED) is 0.0757. The predicted octanol–water partition coefficient (Wildman–Crippen LogP) is 8.33. The fourth-order valence-corrected chi connectivity index (χ4v) is 1.81. The van der Waals surface area contributed by atoms with Crippen molar-refractivity contribution in [3.8, 4) is 0 Å². The second-order valence-corrected chi connectivity index (χ2v) is 8.55. The minimum Gasteiger partial charge on any atom is -0.241 e. The lowest BCUT2D eigenvalue weighted by Crippen LogP contribution is -2.59. The zero-order valence-electron chi connectivity index (χ0n) is 23.4. The van der Waals surface area contributed by atoms with Crippen LogP contribution in [-0.4, -0.2) is 97.6 Å². The molecular formula is C16F30O10. The molecule has 0 heterocycles. The second-order valence-electron chi connectivity index (χ2n) is 8.55. The summed E-state index contributed by atoms with van der Waals surface area (Å²) in [5.41, 5.74) is 0. The van der Waals surface area contributed by atoms with Crippen LogP contribution in [0.2, 0.25) is 0 Å². The van der Waals surface area contributed by atoms with Crippen molar-refractivity contribution in [2.75, 3.05) is 0 Å². The van der Waals surface area contributed by atoms with Gasteiger partial charge in [0.2, 0.25) is 0 Å². The van der Waals surface area contributed by atoms with E-state index in [1.807, 2.05) is 0 Å². The maximum absolute atomic E-state index is 13.4. The summed E-state index contributed by atoms with van der Waals surface area (Å²) in [6, 6.07) is 0. The van der Waals surface area contributed by atoms with Crippen molar-refractivity contribution in [2.45, 2.75) is 85.7 Å². The van der Waals surface area contributed by atoms with Crippen molar-refractivity contribution >= 4 is 11.9 Å². The molecule has 0 aromatic carbocycles. The highest BCUT2D eigenvalue weighted by molar-refractivity contribution is 5.79. The molecule has 0 rings (SSSR count). The van der Waals surface area contributed by atoms with E-state index in [1.165, 1.54) is 28.4 Å². The molecule has 0 radical (unpaired) electrons. The molecule has 10 nitrogen and oxygen atoms in total. The van der Waals surface area contributed by atoms with Crippen molar-refractivity contribution in [1.82, 2.24) is 0 Å². The highest BCUT2D eigenvalue weighted by Gasteiger charge is 2.79. The molecule has 0 unspecified atom stereocenters. The first kappa shape index (κ1) is 52.6. The van der Waals surface area contributed by atoms with Crippen LogP contribution in [0.1, 0.15) is 0 Å². The van der Waals surface area contributed by atoms with E-state index in [4.69, 9.17) is 0 Å². The molecule has 0 aromatic rings. The molecular weight excluding hydrogens is 922 g/mol. The van der Waals surface area contributed by atoms with Crippen LogP contribution in [0.15, 0.2) is 0 Å². The summed E-state index contributed by atoms with van der Waals surface area (Å²) in [5.74, 6) is -9.19. The summed E-state index contributed by atoms with van der Waals surface area (Å²) in [4.78, 5) is 26.0. The molecule has 0 atom stereocenters. The number of alkyl halides is 30. The van der Waals surface area contributed by atoms with Gasteiger partial charge in [0.25, 0.3) is 0 Å². The first-order valence-corrected chi connectivity index (χ1v) is 11.1. The maximum atomic E-state index is 13.4. The van der Waals surface area contributed by atoms with E-state index in [-0.39, 0.29) is 0 Å². The fourth-order valence-electron chi connectivity index (χ4n) is 1.81. The Morgan fingerprint density at radius 3 is 0.536 bits per heavy atom. The molecule has 0 bridgehead atoms. The molecule has 0 fully saturated rings. The fraction of sp³-hybridized carbons (Fsp3) is 0.875. The van der Waals surface area contributed by atoms with Crippen molar-refractivity contribution in [1.29, 1.82) is 0 Å². The van der Waals surface area contributed by atoms with E-state index < -0.39 is 97.6 Å². The zero-order chi connectivity index (χ0) is 45.8. The van der Waals surface area contributed by atoms with Gasteiger partial charge in [0.1, 0.15) is 0 Å². The van der Waals surface area contributed by atoms with E-state index in [2.05, 4.69) is 9.78 Å². The molecule has 0 saturated carbocycles. The summed E-state index contributed by atoms with van der Waals surface area (Å²) in [7, 11) is 0. The van der Waals surface area contributed by atoms with Crippen LogP contribution in [-0.2, 0) is 47.8 Å². The van der Waals surface area contributed by atoms with E-state index in [1.54, 1.807) is 0 Å². The van der Waals surface area contributed by atoms with Crippen LogP contribution in [0, 0.1) is 0 Å². The highest BCUT2D eigenvalue weighted by Crippen LogP contribution is 2.52. The smallest absolute Gasteiger partial charge is 0.241 e. The second kappa shape index (κ2) is 14.8. The first-order valence-electron chi connectivity index (χ1n) is 11.1. The number of ether oxygens (including phenoxy) is 6. The number of hydrogen-bond donors (Lipinski definition) is 0. The number of carbonyl (C=O) groups excluding carboxylic acids is 2. The van der Waals surface area contributed by atoms with Gasteiger partial charge >= 0.3 is 97.6 Å². The van der Waals surface area contributed by atoms with E-state index >= 15 is 0 Å². The topological polar surface area (TPSA) is 108 Å². The number of carbonyl (C=O) groups is 2. The number of rotatable bonds is 18. The van der Waals surface area contributed by atoms with Crippen molar-refractivity contribution < 1.29 is 179 Å². The third kappa shape index (κ3) is 11.6. The minimum atomic E-state index is -7.97. The van der Waals surface area contributed by atoms with Crippen LogP contribution in [0.4, 0.5) is 132 Å².